The van der Waals surface area contributed by atoms with Crippen LogP contribution in [0.3, 0.4) is 0 Å². The first kappa shape index (κ1) is 14.6. The quantitative estimate of drug-likeness (QED) is 0.902. The van der Waals surface area contributed by atoms with E-state index in [0.717, 1.165) is 19.4 Å². The Bertz CT molecular complexity index is 474. The standard InChI is InChI=1S/C18H26N2O/c21-18(15-9-10-15)19-13-16-7-3-4-8-17(16)14-20-11-5-1-2-6-12-20/h3-4,7-8,15H,1-2,5-6,9-14H2,(H,19,21). The maximum Gasteiger partial charge on any atom is 0.223 e. The number of hydrogen-bond acceptors (Lipinski definition) is 2. The summed E-state index contributed by atoms with van der Waals surface area (Å²) in [6.07, 6.45) is 7.52. The number of nitrogens with one attached hydrogen (secondary N) is 1. The third-order valence-corrected chi connectivity index (χ3v) is 4.61. The van der Waals surface area contributed by atoms with Crippen LogP contribution in [0.2, 0.25) is 0 Å². The molecule has 1 aromatic rings. The maximum absolute atomic E-state index is 11.8. The topological polar surface area (TPSA) is 32.3 Å². The third kappa shape index (κ3) is 4.31. The molecule has 1 aliphatic heterocycles. The summed E-state index contributed by atoms with van der Waals surface area (Å²) in [5, 5.41) is 3.09. The molecular formula is C18H26N2O. The number of likely N-dealkylation sites (tertiary alicyclic amines) is 1. The molecular weight excluding hydrogens is 260 g/mol. The van der Waals surface area contributed by atoms with Gasteiger partial charge in [0.25, 0.3) is 0 Å². The Morgan fingerprint density at radius 2 is 1.71 bits per heavy atom. The molecule has 2 aliphatic rings. The van der Waals surface area contributed by atoms with E-state index in [-0.39, 0.29) is 5.91 Å². The summed E-state index contributed by atoms with van der Waals surface area (Å²) >= 11 is 0. The van der Waals surface area contributed by atoms with Crippen LogP contribution in [0.1, 0.15) is 49.7 Å². The molecule has 21 heavy (non-hydrogen) atoms. The minimum Gasteiger partial charge on any atom is -0.352 e. The lowest BCUT2D eigenvalue weighted by atomic mass is 10.1. The largest absolute Gasteiger partial charge is 0.352 e. The molecule has 2 fully saturated rings. The van der Waals surface area contributed by atoms with Crippen LogP contribution in [0.5, 0.6) is 0 Å². The smallest absolute Gasteiger partial charge is 0.223 e. The highest BCUT2D eigenvalue weighted by molar-refractivity contribution is 5.80. The van der Waals surface area contributed by atoms with Crippen molar-refractivity contribution in [3.8, 4) is 0 Å². The molecule has 1 saturated heterocycles. The average molecular weight is 286 g/mol. The van der Waals surface area contributed by atoms with Crippen molar-refractivity contribution in [2.45, 2.75) is 51.6 Å². The molecule has 0 atom stereocenters. The first-order valence-corrected chi connectivity index (χ1v) is 8.40. The zero-order valence-electron chi connectivity index (χ0n) is 12.8. The predicted octanol–water partition coefficient (Wildman–Crippen LogP) is 3.09. The Morgan fingerprint density at radius 1 is 1.05 bits per heavy atom. The first-order valence-electron chi connectivity index (χ1n) is 8.40. The van der Waals surface area contributed by atoms with Gasteiger partial charge in [-0.3, -0.25) is 9.69 Å². The summed E-state index contributed by atoms with van der Waals surface area (Å²) < 4.78 is 0. The normalized spacial score (nSPS) is 20.0. The van der Waals surface area contributed by atoms with Gasteiger partial charge in [0.05, 0.1) is 0 Å². The Balaban J connectivity index is 1.59. The van der Waals surface area contributed by atoms with Crippen molar-refractivity contribution in [1.82, 2.24) is 10.2 Å². The lowest BCUT2D eigenvalue weighted by Gasteiger charge is -2.21. The van der Waals surface area contributed by atoms with Crippen molar-refractivity contribution in [3.63, 3.8) is 0 Å². The predicted molar refractivity (Wildman–Crippen MR) is 84.8 cm³/mol. The molecule has 1 amide bonds. The minimum absolute atomic E-state index is 0.236. The van der Waals surface area contributed by atoms with Crippen LogP contribution >= 0.6 is 0 Å². The summed E-state index contributed by atoms with van der Waals surface area (Å²) in [4.78, 5) is 14.4. The van der Waals surface area contributed by atoms with Gasteiger partial charge >= 0.3 is 0 Å². The van der Waals surface area contributed by atoms with Crippen molar-refractivity contribution in [2.75, 3.05) is 13.1 Å². The number of hydrogen-bond donors (Lipinski definition) is 1. The molecule has 0 unspecified atom stereocenters. The number of carbonyl (C=O) groups is 1. The van der Waals surface area contributed by atoms with Crippen LogP contribution < -0.4 is 5.32 Å². The van der Waals surface area contributed by atoms with Gasteiger partial charge in [-0.15, -0.1) is 0 Å². The Kier molecular flexibility index (Phi) is 4.91. The van der Waals surface area contributed by atoms with Crippen molar-refractivity contribution < 1.29 is 4.79 Å². The van der Waals surface area contributed by atoms with Crippen molar-refractivity contribution in [1.29, 1.82) is 0 Å². The van der Waals surface area contributed by atoms with E-state index in [1.165, 1.54) is 49.9 Å². The fraction of sp³-hybridized carbons (Fsp3) is 0.611. The van der Waals surface area contributed by atoms with E-state index >= 15 is 0 Å². The summed E-state index contributed by atoms with van der Waals surface area (Å²) in [7, 11) is 0. The lowest BCUT2D eigenvalue weighted by molar-refractivity contribution is -0.122. The molecule has 0 bridgehead atoms. The molecule has 1 N–H and O–H groups in total. The Labute approximate surface area is 127 Å². The summed E-state index contributed by atoms with van der Waals surface area (Å²) in [6.45, 7) is 4.13. The SMILES string of the molecule is O=C(NCc1ccccc1CN1CCCCCC1)C1CC1. The van der Waals surface area contributed by atoms with Gasteiger partial charge < -0.3 is 5.32 Å². The van der Waals surface area contributed by atoms with Gasteiger partial charge in [0.1, 0.15) is 0 Å². The van der Waals surface area contributed by atoms with Gasteiger partial charge in [0.15, 0.2) is 0 Å². The van der Waals surface area contributed by atoms with Crippen LogP contribution in [0.15, 0.2) is 24.3 Å². The molecule has 3 heteroatoms. The van der Waals surface area contributed by atoms with E-state index in [1.54, 1.807) is 0 Å². The second-order valence-electron chi connectivity index (χ2n) is 6.45. The second-order valence-corrected chi connectivity index (χ2v) is 6.45. The van der Waals surface area contributed by atoms with Crippen LogP contribution in [0.25, 0.3) is 0 Å². The first-order chi connectivity index (χ1) is 10.3. The molecule has 1 heterocycles. The van der Waals surface area contributed by atoms with E-state index in [4.69, 9.17) is 0 Å². The Hall–Kier alpha value is -1.35. The molecule has 1 saturated carbocycles. The number of amides is 1. The minimum atomic E-state index is 0.236. The van der Waals surface area contributed by atoms with E-state index in [2.05, 4.69) is 34.5 Å². The van der Waals surface area contributed by atoms with Crippen molar-refractivity contribution >= 4 is 5.91 Å². The van der Waals surface area contributed by atoms with Gasteiger partial charge in [0.2, 0.25) is 5.91 Å². The number of benzene rings is 1. The van der Waals surface area contributed by atoms with E-state index in [1.807, 2.05) is 0 Å². The molecule has 3 nitrogen and oxygen atoms in total. The summed E-state index contributed by atoms with van der Waals surface area (Å²) in [5.74, 6) is 0.530. The number of nitrogens with zero attached hydrogens (tertiary/aromatic N) is 1. The van der Waals surface area contributed by atoms with E-state index < -0.39 is 0 Å². The van der Waals surface area contributed by atoms with E-state index in [0.29, 0.717) is 12.5 Å². The fourth-order valence-electron chi connectivity index (χ4n) is 3.09. The molecule has 1 aliphatic carbocycles. The van der Waals surface area contributed by atoms with Gasteiger partial charge in [-0.2, -0.15) is 0 Å². The van der Waals surface area contributed by atoms with Gasteiger partial charge in [-0.05, 0) is 49.9 Å². The Morgan fingerprint density at radius 3 is 2.38 bits per heavy atom. The molecule has 1 aromatic carbocycles. The lowest BCUT2D eigenvalue weighted by Crippen LogP contribution is -2.27. The highest BCUT2D eigenvalue weighted by atomic mass is 16.2. The zero-order chi connectivity index (χ0) is 14.5. The second kappa shape index (κ2) is 7.08. The highest BCUT2D eigenvalue weighted by Gasteiger charge is 2.29. The molecule has 0 spiro atoms. The van der Waals surface area contributed by atoms with Crippen LogP contribution in [0, 0.1) is 5.92 Å². The van der Waals surface area contributed by atoms with Crippen LogP contribution in [0.4, 0.5) is 0 Å². The maximum atomic E-state index is 11.8. The van der Waals surface area contributed by atoms with Crippen LogP contribution in [-0.2, 0) is 17.9 Å². The van der Waals surface area contributed by atoms with Gasteiger partial charge in [0, 0.05) is 19.0 Å². The van der Waals surface area contributed by atoms with Crippen molar-refractivity contribution in [2.24, 2.45) is 5.92 Å². The van der Waals surface area contributed by atoms with E-state index in [9.17, 15) is 4.79 Å². The fourth-order valence-corrected chi connectivity index (χ4v) is 3.09. The number of carbonyl (C=O) groups excluding carboxylic acids is 1. The monoisotopic (exact) mass is 286 g/mol. The molecule has 0 radical (unpaired) electrons. The van der Waals surface area contributed by atoms with Gasteiger partial charge in [-0.1, -0.05) is 37.1 Å². The summed E-state index contributed by atoms with van der Waals surface area (Å²) in [5.41, 5.74) is 2.64. The molecule has 3 rings (SSSR count). The average Bonchev–Trinajstić information content (AvgIpc) is 3.33. The molecule has 0 aromatic heterocycles. The highest BCUT2D eigenvalue weighted by Crippen LogP contribution is 2.28. The number of rotatable bonds is 5. The third-order valence-electron chi connectivity index (χ3n) is 4.61. The molecule has 114 valence electrons. The van der Waals surface area contributed by atoms with Crippen LogP contribution in [-0.4, -0.2) is 23.9 Å². The zero-order valence-corrected chi connectivity index (χ0v) is 12.8. The summed E-state index contributed by atoms with van der Waals surface area (Å²) in [6, 6.07) is 8.55. The van der Waals surface area contributed by atoms with Gasteiger partial charge in [-0.25, -0.2) is 0 Å². The van der Waals surface area contributed by atoms with Crippen molar-refractivity contribution in [3.05, 3.63) is 35.4 Å².